The molecule has 31 heavy (non-hydrogen) atoms. The number of hydrogen-bond donors (Lipinski definition) is 0. The van der Waals surface area contributed by atoms with E-state index in [9.17, 15) is 4.79 Å². The topological polar surface area (TPSA) is 39.2 Å². The van der Waals surface area contributed by atoms with Crippen LogP contribution in [0.25, 0.3) is 22.2 Å². The largest absolute Gasteiger partial charge is 0.422 e. The van der Waals surface area contributed by atoms with Crippen molar-refractivity contribution in [3.8, 4) is 17.0 Å². The molecule has 0 aliphatic rings. The van der Waals surface area contributed by atoms with Crippen molar-refractivity contribution in [3.05, 3.63) is 93.0 Å². The van der Waals surface area contributed by atoms with Gasteiger partial charge in [0.15, 0.2) is 0 Å². The number of carbonyl (C=O) groups excluding carboxylic acids is 1. The summed E-state index contributed by atoms with van der Waals surface area (Å²) >= 11 is 6.08. The maximum absolute atomic E-state index is 13.5. The van der Waals surface area contributed by atoms with E-state index in [1.807, 2.05) is 83.1 Å². The lowest BCUT2D eigenvalue weighted by Crippen LogP contribution is -2.14. The lowest BCUT2D eigenvalue weighted by Gasteiger charge is -2.17. The van der Waals surface area contributed by atoms with Crippen molar-refractivity contribution in [1.82, 2.24) is 4.98 Å². The second-order valence-electron chi connectivity index (χ2n) is 8.06. The first-order valence-electron chi connectivity index (χ1n) is 10.2. The summed E-state index contributed by atoms with van der Waals surface area (Å²) in [4.78, 5) is 18.5. The van der Waals surface area contributed by atoms with Crippen LogP contribution in [0.3, 0.4) is 0 Å². The Balaban J connectivity index is 1.97. The Hall–Kier alpha value is -3.17. The van der Waals surface area contributed by atoms with Crippen molar-refractivity contribution < 1.29 is 9.53 Å². The molecule has 0 bridgehead atoms. The van der Waals surface area contributed by atoms with Crippen LogP contribution in [0.5, 0.6) is 5.75 Å². The lowest BCUT2D eigenvalue weighted by molar-refractivity contribution is 0.0733. The molecule has 4 heteroatoms. The summed E-state index contributed by atoms with van der Waals surface area (Å²) in [7, 11) is 0. The lowest BCUT2D eigenvalue weighted by atomic mass is 9.95. The van der Waals surface area contributed by atoms with Gasteiger partial charge in [-0.25, -0.2) is 9.78 Å². The number of ether oxygens (including phenoxy) is 1. The minimum absolute atomic E-state index is 0.373. The zero-order valence-electron chi connectivity index (χ0n) is 18.3. The van der Waals surface area contributed by atoms with E-state index in [0.717, 1.165) is 50.0 Å². The molecule has 4 rings (SSSR count). The van der Waals surface area contributed by atoms with Crippen molar-refractivity contribution in [3.63, 3.8) is 0 Å². The third-order valence-corrected chi connectivity index (χ3v) is 5.85. The van der Waals surface area contributed by atoms with Crippen LogP contribution in [0.15, 0.2) is 54.6 Å². The Morgan fingerprint density at radius 2 is 1.52 bits per heavy atom. The first-order valence-corrected chi connectivity index (χ1v) is 10.6. The number of aryl methyl sites for hydroxylation is 4. The molecule has 3 aromatic carbocycles. The van der Waals surface area contributed by atoms with E-state index in [1.165, 1.54) is 0 Å². The maximum atomic E-state index is 13.5. The Morgan fingerprint density at radius 3 is 2.16 bits per heavy atom. The van der Waals surface area contributed by atoms with E-state index in [1.54, 1.807) is 0 Å². The Kier molecular flexibility index (Phi) is 5.55. The van der Waals surface area contributed by atoms with Gasteiger partial charge >= 0.3 is 5.97 Å². The van der Waals surface area contributed by atoms with Gasteiger partial charge in [-0.05, 0) is 75.1 Å². The van der Waals surface area contributed by atoms with Gasteiger partial charge < -0.3 is 4.74 Å². The molecule has 1 heterocycles. The van der Waals surface area contributed by atoms with Crippen LogP contribution in [0.4, 0.5) is 0 Å². The molecule has 0 saturated heterocycles. The van der Waals surface area contributed by atoms with E-state index in [2.05, 4.69) is 6.07 Å². The summed E-state index contributed by atoms with van der Waals surface area (Å²) in [6, 6.07) is 17.5. The molecule has 0 spiro atoms. The second-order valence-corrected chi connectivity index (χ2v) is 8.49. The first kappa shape index (κ1) is 21.1. The number of rotatable bonds is 3. The van der Waals surface area contributed by atoms with Gasteiger partial charge in [0.1, 0.15) is 5.75 Å². The number of aromatic nitrogens is 1. The van der Waals surface area contributed by atoms with Gasteiger partial charge in [-0.2, -0.15) is 0 Å². The highest BCUT2D eigenvalue weighted by atomic mass is 35.5. The van der Waals surface area contributed by atoms with Crippen LogP contribution in [-0.4, -0.2) is 11.0 Å². The summed E-state index contributed by atoms with van der Waals surface area (Å²) in [5, 5.41) is 1.47. The standard InChI is InChI=1S/C27H24ClNO2/c1-15-13-18(4)24-22(14-15)23(27(30)31-26-16(2)7-6-8-17(26)3)19(5)25(29-24)20-9-11-21(28)12-10-20/h6-14H,1-5H3. The molecule has 0 N–H and O–H groups in total. The van der Waals surface area contributed by atoms with E-state index in [0.29, 0.717) is 16.3 Å². The highest BCUT2D eigenvalue weighted by molar-refractivity contribution is 6.30. The minimum atomic E-state index is -0.373. The number of hydrogen-bond acceptors (Lipinski definition) is 3. The van der Waals surface area contributed by atoms with Crippen LogP contribution < -0.4 is 4.74 Å². The summed E-state index contributed by atoms with van der Waals surface area (Å²) in [6.45, 7) is 9.86. The van der Waals surface area contributed by atoms with Crippen LogP contribution in [0.2, 0.25) is 5.02 Å². The van der Waals surface area contributed by atoms with E-state index < -0.39 is 0 Å². The van der Waals surface area contributed by atoms with Gasteiger partial charge in [-0.1, -0.05) is 53.6 Å². The van der Waals surface area contributed by atoms with E-state index >= 15 is 0 Å². The molecule has 4 aromatic rings. The molecule has 0 aliphatic carbocycles. The molecular weight excluding hydrogens is 406 g/mol. The maximum Gasteiger partial charge on any atom is 0.344 e. The van der Waals surface area contributed by atoms with Crippen molar-refractivity contribution in [1.29, 1.82) is 0 Å². The fraction of sp³-hybridized carbons (Fsp3) is 0.185. The third kappa shape index (κ3) is 3.94. The fourth-order valence-electron chi connectivity index (χ4n) is 4.07. The van der Waals surface area contributed by atoms with Crippen LogP contribution >= 0.6 is 11.6 Å². The molecule has 0 saturated carbocycles. The van der Waals surface area contributed by atoms with Gasteiger partial charge in [-0.3, -0.25) is 0 Å². The van der Waals surface area contributed by atoms with Crippen molar-refractivity contribution >= 4 is 28.5 Å². The molecule has 0 radical (unpaired) electrons. The van der Waals surface area contributed by atoms with Crippen LogP contribution in [0.1, 0.15) is 38.2 Å². The number of nitrogens with zero attached hydrogens (tertiary/aromatic N) is 1. The number of para-hydroxylation sites is 1. The quantitative estimate of drug-likeness (QED) is 0.253. The first-order chi connectivity index (χ1) is 14.8. The monoisotopic (exact) mass is 429 g/mol. The number of benzene rings is 3. The number of halogens is 1. The molecule has 3 nitrogen and oxygen atoms in total. The van der Waals surface area contributed by atoms with Crippen LogP contribution in [-0.2, 0) is 0 Å². The Bertz CT molecular complexity index is 1300. The van der Waals surface area contributed by atoms with Gasteiger partial charge in [0.25, 0.3) is 0 Å². The van der Waals surface area contributed by atoms with Gasteiger partial charge in [0, 0.05) is 16.0 Å². The zero-order chi connectivity index (χ0) is 22.3. The van der Waals surface area contributed by atoms with E-state index in [-0.39, 0.29) is 5.97 Å². The SMILES string of the molecule is Cc1cc(C)c2nc(-c3ccc(Cl)cc3)c(C)c(C(=O)Oc3c(C)cccc3C)c2c1. The average Bonchev–Trinajstić information content (AvgIpc) is 2.71. The number of esters is 1. The van der Waals surface area contributed by atoms with Gasteiger partial charge in [0.2, 0.25) is 0 Å². The summed E-state index contributed by atoms with van der Waals surface area (Å²) in [5.41, 5.74) is 7.74. The highest BCUT2D eigenvalue weighted by Crippen LogP contribution is 2.34. The number of pyridine rings is 1. The molecule has 0 amide bonds. The molecule has 1 aromatic heterocycles. The normalized spacial score (nSPS) is 11.0. The molecule has 0 unspecified atom stereocenters. The van der Waals surface area contributed by atoms with Crippen molar-refractivity contribution in [2.45, 2.75) is 34.6 Å². The second kappa shape index (κ2) is 8.16. The van der Waals surface area contributed by atoms with Crippen molar-refractivity contribution in [2.24, 2.45) is 0 Å². The summed E-state index contributed by atoms with van der Waals surface area (Å²) < 4.78 is 5.95. The smallest absolute Gasteiger partial charge is 0.344 e. The van der Waals surface area contributed by atoms with Gasteiger partial charge in [-0.15, -0.1) is 0 Å². The predicted octanol–water partition coefficient (Wildman–Crippen LogP) is 7.32. The molecular formula is C27H24ClNO2. The fourth-order valence-corrected chi connectivity index (χ4v) is 4.20. The molecule has 0 atom stereocenters. The average molecular weight is 430 g/mol. The minimum Gasteiger partial charge on any atom is -0.422 e. The number of carbonyl (C=O) groups is 1. The van der Waals surface area contributed by atoms with Crippen LogP contribution in [0, 0.1) is 34.6 Å². The Morgan fingerprint density at radius 1 is 0.871 bits per heavy atom. The highest BCUT2D eigenvalue weighted by Gasteiger charge is 2.23. The third-order valence-electron chi connectivity index (χ3n) is 5.59. The van der Waals surface area contributed by atoms with Crippen molar-refractivity contribution in [2.75, 3.05) is 0 Å². The number of fused-ring (bicyclic) bond motifs is 1. The summed E-state index contributed by atoms with van der Waals surface area (Å²) in [5.74, 6) is 0.233. The Labute approximate surface area is 187 Å². The zero-order valence-corrected chi connectivity index (χ0v) is 19.1. The molecule has 0 fully saturated rings. The molecule has 0 aliphatic heterocycles. The predicted molar refractivity (Wildman–Crippen MR) is 127 cm³/mol. The molecule has 156 valence electrons. The van der Waals surface area contributed by atoms with Gasteiger partial charge in [0.05, 0.1) is 16.8 Å². The summed E-state index contributed by atoms with van der Waals surface area (Å²) in [6.07, 6.45) is 0. The van der Waals surface area contributed by atoms with E-state index in [4.69, 9.17) is 21.3 Å².